The van der Waals surface area contributed by atoms with Gasteiger partial charge < -0.3 is 0 Å². The van der Waals surface area contributed by atoms with Gasteiger partial charge in [0.2, 0.25) is 0 Å². The van der Waals surface area contributed by atoms with E-state index in [2.05, 4.69) is 72.8 Å². The summed E-state index contributed by atoms with van der Waals surface area (Å²) >= 11 is 10.2. The van der Waals surface area contributed by atoms with Crippen molar-refractivity contribution in [2.24, 2.45) is 0 Å². The fraction of sp³-hybridized carbons (Fsp3) is 0.0526. The Kier molecular flexibility index (Phi) is 4.92. The Balaban J connectivity index is 2.34. The molecule has 3 rings (SSSR count). The average molecular weight is 388 g/mol. The van der Waals surface area contributed by atoms with Crippen LogP contribution in [0.15, 0.2) is 91.0 Å². The van der Waals surface area contributed by atoms with Crippen molar-refractivity contribution in [1.29, 1.82) is 0 Å². The zero-order valence-electron chi connectivity index (χ0n) is 12.0. The van der Waals surface area contributed by atoms with E-state index in [0.29, 0.717) is 0 Å². The molecule has 0 saturated heterocycles. The Bertz CT molecular complexity index is 616. The first-order valence-electron chi connectivity index (χ1n) is 7.21. The molecule has 3 aromatic carbocycles. The first kappa shape index (κ1) is 15.7. The van der Waals surface area contributed by atoms with E-state index in [0.717, 1.165) is 0 Å². The van der Waals surface area contributed by atoms with E-state index in [4.69, 9.17) is 23.2 Å². The van der Waals surface area contributed by atoms with Crippen LogP contribution >= 0.6 is 23.2 Å². The van der Waals surface area contributed by atoms with Gasteiger partial charge in [-0.25, -0.2) is 0 Å². The van der Waals surface area contributed by atoms with Gasteiger partial charge in [0.1, 0.15) is 0 Å². The van der Waals surface area contributed by atoms with E-state index in [-0.39, 0.29) is 0 Å². The number of benzene rings is 3. The summed E-state index contributed by atoms with van der Waals surface area (Å²) in [5.74, 6) is 0. The van der Waals surface area contributed by atoms with Crippen molar-refractivity contribution in [2.45, 2.75) is 3.67 Å². The van der Waals surface area contributed by atoms with Gasteiger partial charge in [-0.3, -0.25) is 0 Å². The molecule has 0 aliphatic rings. The van der Waals surface area contributed by atoms with Gasteiger partial charge in [-0.15, -0.1) is 0 Å². The van der Waals surface area contributed by atoms with Gasteiger partial charge in [-0.1, -0.05) is 0 Å². The predicted molar refractivity (Wildman–Crippen MR) is 99.5 cm³/mol. The fourth-order valence-corrected chi connectivity index (χ4v) is 15.1. The molecule has 0 spiro atoms. The maximum absolute atomic E-state index is 6.65. The molecule has 0 aromatic heterocycles. The Morgan fingerprint density at radius 2 is 0.773 bits per heavy atom. The van der Waals surface area contributed by atoms with Crippen LogP contribution in [0.25, 0.3) is 0 Å². The second-order valence-electron chi connectivity index (χ2n) is 5.21. The summed E-state index contributed by atoms with van der Waals surface area (Å²) < 4.78 is 3.40. The van der Waals surface area contributed by atoms with Crippen molar-refractivity contribution in [3.05, 3.63) is 91.0 Å². The standard InChI is InChI=1S/C19H16Cl2Ge/c20-19(21)22(16-10-4-1-5-11-16,17-12-6-2-7-13-17)18-14-8-3-9-15-18/h1-15,19H. The first-order valence-corrected chi connectivity index (χ1v) is 12.4. The van der Waals surface area contributed by atoms with Gasteiger partial charge in [0.05, 0.1) is 0 Å². The molecule has 0 aliphatic carbocycles. The van der Waals surface area contributed by atoms with Crippen LogP contribution < -0.4 is 13.2 Å². The molecule has 0 bridgehead atoms. The monoisotopic (exact) mass is 388 g/mol. The summed E-state index contributed by atoms with van der Waals surface area (Å²) in [6.45, 7) is 0. The van der Waals surface area contributed by atoms with Crippen molar-refractivity contribution in [3.8, 4) is 0 Å². The van der Waals surface area contributed by atoms with E-state index < -0.39 is 16.9 Å². The maximum atomic E-state index is 6.65. The van der Waals surface area contributed by atoms with E-state index in [1.165, 1.54) is 13.2 Å². The van der Waals surface area contributed by atoms with Crippen molar-refractivity contribution < 1.29 is 0 Å². The van der Waals surface area contributed by atoms with Gasteiger partial charge >= 0.3 is 144 Å². The molecule has 0 nitrogen and oxygen atoms in total. The van der Waals surface area contributed by atoms with Gasteiger partial charge in [0.15, 0.2) is 0 Å². The van der Waals surface area contributed by atoms with E-state index in [9.17, 15) is 0 Å². The Hall–Kier alpha value is -1.22. The van der Waals surface area contributed by atoms with E-state index >= 15 is 0 Å². The molecule has 0 aliphatic heterocycles. The van der Waals surface area contributed by atoms with Crippen molar-refractivity contribution in [3.63, 3.8) is 0 Å². The molecule has 0 amide bonds. The Morgan fingerprint density at radius 3 is 1.00 bits per heavy atom. The quantitative estimate of drug-likeness (QED) is 0.475. The molecule has 0 atom stereocenters. The minimum atomic E-state index is -3.13. The Morgan fingerprint density at radius 1 is 0.500 bits per heavy atom. The summed E-state index contributed by atoms with van der Waals surface area (Å²) in [5.41, 5.74) is 0. The summed E-state index contributed by atoms with van der Waals surface area (Å²) in [6, 6.07) is 31.5. The molecule has 0 heterocycles. The first-order chi connectivity index (χ1) is 10.8. The topological polar surface area (TPSA) is 0 Å². The van der Waals surface area contributed by atoms with Gasteiger partial charge in [0, 0.05) is 0 Å². The number of halogens is 2. The van der Waals surface area contributed by atoms with Crippen LogP contribution in [0.1, 0.15) is 0 Å². The van der Waals surface area contributed by atoms with Gasteiger partial charge in [0.25, 0.3) is 0 Å². The number of hydrogen-bond acceptors (Lipinski definition) is 0. The van der Waals surface area contributed by atoms with Crippen LogP contribution in [0.2, 0.25) is 0 Å². The third-order valence-corrected chi connectivity index (χ3v) is 16.6. The predicted octanol–water partition coefficient (Wildman–Crippen LogP) is 3.50. The molecule has 3 aromatic rings. The van der Waals surface area contributed by atoms with Crippen LogP contribution in [0.5, 0.6) is 0 Å². The molecule has 0 unspecified atom stereocenters. The Labute approximate surface area is 144 Å². The van der Waals surface area contributed by atoms with Crippen LogP contribution in [0, 0.1) is 0 Å². The van der Waals surface area contributed by atoms with Crippen molar-refractivity contribution >= 4 is 49.7 Å². The van der Waals surface area contributed by atoms with Crippen molar-refractivity contribution in [1.82, 2.24) is 0 Å². The number of rotatable bonds is 4. The summed E-state index contributed by atoms with van der Waals surface area (Å²) in [6.07, 6.45) is 0. The number of alkyl halides is 2. The molecule has 0 fully saturated rings. The normalized spacial score (nSPS) is 11.6. The molecule has 0 radical (unpaired) electrons. The van der Waals surface area contributed by atoms with Gasteiger partial charge in [-0.2, -0.15) is 0 Å². The third-order valence-electron chi connectivity index (χ3n) is 4.01. The summed E-state index contributed by atoms with van der Waals surface area (Å²) in [4.78, 5) is 0. The third kappa shape index (κ3) is 2.71. The summed E-state index contributed by atoms with van der Waals surface area (Å²) in [7, 11) is 0. The second kappa shape index (κ2) is 6.91. The zero-order valence-corrected chi connectivity index (χ0v) is 15.6. The van der Waals surface area contributed by atoms with Crippen LogP contribution in [0.3, 0.4) is 0 Å². The molecule has 3 heteroatoms. The van der Waals surface area contributed by atoms with Crippen molar-refractivity contribution in [2.75, 3.05) is 0 Å². The minimum absolute atomic E-state index is 0.424. The molecular formula is C19H16Cl2Ge. The van der Waals surface area contributed by atoms with E-state index in [1.807, 2.05) is 18.2 Å². The fourth-order valence-electron chi connectivity index (χ4n) is 2.98. The molecule has 22 heavy (non-hydrogen) atoms. The van der Waals surface area contributed by atoms with E-state index in [1.54, 1.807) is 0 Å². The number of hydrogen-bond donors (Lipinski definition) is 0. The SMILES string of the molecule is Cl[CH](Cl)[Ge]([c]1ccccc1)([c]1ccccc1)[c]1ccccc1. The average Bonchev–Trinajstić information content (AvgIpc) is 2.58. The molecular weight excluding hydrogens is 372 g/mol. The summed E-state index contributed by atoms with van der Waals surface area (Å²) in [5, 5.41) is 0. The second-order valence-corrected chi connectivity index (χ2v) is 16.1. The van der Waals surface area contributed by atoms with Gasteiger partial charge in [-0.05, 0) is 0 Å². The molecule has 0 saturated carbocycles. The van der Waals surface area contributed by atoms with Crippen LogP contribution in [0.4, 0.5) is 0 Å². The molecule has 110 valence electrons. The van der Waals surface area contributed by atoms with Crippen LogP contribution in [-0.2, 0) is 0 Å². The zero-order chi connectivity index (χ0) is 15.4. The van der Waals surface area contributed by atoms with Crippen LogP contribution in [-0.4, -0.2) is 16.9 Å². The molecule has 0 N–H and O–H groups in total.